The standard InChI is InChI=1S/C47H44N5O21P3/c1-25(2)45(67-21-28-20-51(47-43(28)46(48)49-23-50-47)42-19-37(57)41(71-42)22-69-75(63,64)73-76(65,66)72-74(60,61)62)31-11-7-26(15-35(31)52(58)59)5-3-4-6-36(56)27-8-14-38(68-24-53)34(16-27)44-32-12-9-29(54)17-39(32)70-40-18-30(55)10-13-33(40)44/h7-18,20,23-25,37,41-42,45,54,57H,4,6,19,21-22H2,1-2H3,(H,63,64)(H,65,66)(H2,48,49,50)(H2,60,61,62)/t37?,41-,42-,45?/m1/s1. The highest BCUT2D eigenvalue weighted by molar-refractivity contribution is 7.66. The molecule has 0 saturated carbocycles. The molecule has 0 spiro atoms. The second-order valence-electron chi connectivity index (χ2n) is 17.3. The van der Waals surface area contributed by atoms with Gasteiger partial charge in [0.2, 0.25) is 0 Å². The third-order valence-electron chi connectivity index (χ3n) is 11.7. The van der Waals surface area contributed by atoms with Crippen LogP contribution >= 0.6 is 23.5 Å². The molecule has 0 radical (unpaired) electrons. The number of aliphatic hydroxyl groups is 1. The van der Waals surface area contributed by atoms with E-state index in [0.29, 0.717) is 33.0 Å². The lowest BCUT2D eigenvalue weighted by Gasteiger charge is -2.22. The van der Waals surface area contributed by atoms with Crippen LogP contribution in [0.5, 0.6) is 11.5 Å². The first-order valence-corrected chi connectivity index (χ1v) is 27.0. The van der Waals surface area contributed by atoms with Gasteiger partial charge in [-0.3, -0.25) is 29.0 Å². The Kier molecular flexibility index (Phi) is 16.2. The molecule has 2 aromatic heterocycles. The highest BCUT2D eigenvalue weighted by atomic mass is 31.3. The summed E-state index contributed by atoms with van der Waals surface area (Å²) in [4.78, 5) is 94.8. The number of phosphoric ester groups is 1. The van der Waals surface area contributed by atoms with Gasteiger partial charge in [0, 0.05) is 82.4 Å². The molecule has 398 valence electrons. The molecular formula is C47H44N5O21P3. The lowest BCUT2D eigenvalue weighted by atomic mass is 9.91. The third-order valence-corrected chi connectivity index (χ3v) is 15.5. The summed E-state index contributed by atoms with van der Waals surface area (Å²) in [6.07, 6.45) is -2.18. The van der Waals surface area contributed by atoms with Gasteiger partial charge in [0.05, 0.1) is 41.3 Å². The van der Waals surface area contributed by atoms with E-state index in [1.165, 1.54) is 59.3 Å². The van der Waals surface area contributed by atoms with Gasteiger partial charge < -0.3 is 58.7 Å². The first-order valence-electron chi connectivity index (χ1n) is 22.5. The van der Waals surface area contributed by atoms with Gasteiger partial charge in [-0.2, -0.15) is 8.62 Å². The van der Waals surface area contributed by atoms with Crippen LogP contribution in [0.4, 0.5) is 11.5 Å². The predicted molar refractivity (Wildman–Crippen MR) is 265 cm³/mol. The highest BCUT2D eigenvalue weighted by Crippen LogP contribution is 2.66. The Morgan fingerprint density at radius 3 is 2.50 bits per heavy atom. The number of carbonyl (C=O) groups is 2. The van der Waals surface area contributed by atoms with Crippen LogP contribution in [0.2, 0.25) is 0 Å². The van der Waals surface area contributed by atoms with E-state index in [9.17, 15) is 58.2 Å². The minimum Gasteiger partial charge on any atom is -0.508 e. The molecule has 8 N–H and O–H groups in total. The third kappa shape index (κ3) is 12.6. The second-order valence-corrected chi connectivity index (χ2v) is 21.7. The Balaban J connectivity index is 0.965. The summed E-state index contributed by atoms with van der Waals surface area (Å²) in [5.41, 5.74) is 8.48. The molecule has 1 aliphatic carbocycles. The van der Waals surface area contributed by atoms with Crippen molar-refractivity contribution >= 4 is 69.2 Å². The van der Waals surface area contributed by atoms with E-state index >= 15 is 0 Å². The number of phosphoric acid groups is 3. The summed E-state index contributed by atoms with van der Waals surface area (Å²) in [5, 5.41) is 34.4. The number of anilines is 1. The van der Waals surface area contributed by atoms with Crippen molar-refractivity contribution in [1.82, 2.24) is 14.5 Å². The molecule has 6 atom stereocenters. The fourth-order valence-corrected chi connectivity index (χ4v) is 11.6. The van der Waals surface area contributed by atoms with Gasteiger partial charge in [0.25, 0.3) is 12.2 Å². The monoisotopic (exact) mass is 1110 g/mol. The number of hydrogen-bond donors (Lipinski definition) is 7. The van der Waals surface area contributed by atoms with E-state index in [1.54, 1.807) is 38.1 Å². The van der Waals surface area contributed by atoms with Gasteiger partial charge in [0.1, 0.15) is 53.0 Å². The number of nitrogens with zero attached hydrogens (tertiary/aromatic N) is 4. The van der Waals surface area contributed by atoms with Gasteiger partial charge in [-0.05, 0) is 60.5 Å². The Labute approximate surface area is 428 Å². The van der Waals surface area contributed by atoms with Crippen LogP contribution in [0.3, 0.4) is 0 Å². The van der Waals surface area contributed by atoms with Crippen LogP contribution in [-0.2, 0) is 47.7 Å². The van der Waals surface area contributed by atoms with Gasteiger partial charge >= 0.3 is 23.5 Å². The second kappa shape index (κ2) is 22.3. The van der Waals surface area contributed by atoms with E-state index in [4.69, 9.17) is 34.1 Å². The van der Waals surface area contributed by atoms with Crippen LogP contribution in [0, 0.1) is 27.9 Å². The van der Waals surface area contributed by atoms with Gasteiger partial charge in [0.15, 0.2) is 11.2 Å². The predicted octanol–water partition coefficient (Wildman–Crippen LogP) is 6.96. The molecular weight excluding hydrogens is 1060 g/mol. The van der Waals surface area contributed by atoms with Crippen molar-refractivity contribution in [3.8, 4) is 45.8 Å². The van der Waals surface area contributed by atoms with Crippen molar-refractivity contribution in [3.05, 3.63) is 128 Å². The molecule has 3 aromatic carbocycles. The average molecular weight is 1110 g/mol. The fraction of sp³-hybridized carbons (Fsp3) is 0.255. The van der Waals surface area contributed by atoms with E-state index < -0.39 is 59.5 Å². The topological polar surface area (TPSA) is 392 Å². The number of nitro groups is 1. The van der Waals surface area contributed by atoms with Gasteiger partial charge in [-0.1, -0.05) is 25.7 Å². The Bertz CT molecular complexity index is 3660. The molecule has 4 heterocycles. The number of fused-ring (bicyclic) bond motifs is 3. The Morgan fingerprint density at radius 2 is 1.78 bits per heavy atom. The van der Waals surface area contributed by atoms with Crippen LogP contribution in [0.1, 0.15) is 72.5 Å². The number of benzene rings is 4. The number of ketones is 1. The normalized spacial score (nSPS) is 17.8. The Morgan fingerprint density at radius 1 is 1.00 bits per heavy atom. The summed E-state index contributed by atoms with van der Waals surface area (Å²) < 4.78 is 72.1. The number of phenolic OH excluding ortho intramolecular Hbond substituents is 1. The molecule has 26 nitrogen and oxygen atoms in total. The smallest absolute Gasteiger partial charge is 0.490 e. The molecule has 29 heteroatoms. The number of aromatic nitrogens is 3. The largest absolute Gasteiger partial charge is 0.508 e. The maximum absolute atomic E-state index is 13.7. The number of Topliss-reactive ketones (excluding diaryl/α,β-unsaturated/α-hetero) is 1. The zero-order valence-electron chi connectivity index (χ0n) is 39.6. The molecule has 2 aliphatic heterocycles. The number of aliphatic hydroxyl groups excluding tert-OH is 1. The van der Waals surface area contributed by atoms with E-state index in [0.717, 1.165) is 6.33 Å². The zero-order chi connectivity index (χ0) is 54.9. The average Bonchev–Trinajstić information content (AvgIpc) is 3.91. The molecule has 3 aliphatic rings. The lowest BCUT2D eigenvalue weighted by molar-refractivity contribution is -0.386. The first kappa shape index (κ1) is 55.2. The summed E-state index contributed by atoms with van der Waals surface area (Å²) in [6.45, 7) is 2.68. The molecule has 8 rings (SSSR count). The number of rotatable bonds is 20. The number of carbonyl (C=O) groups excluding carboxylic acids is 2. The van der Waals surface area contributed by atoms with Crippen LogP contribution in [-0.4, -0.2) is 80.3 Å². The zero-order valence-corrected chi connectivity index (χ0v) is 42.3. The van der Waals surface area contributed by atoms with Crippen LogP contribution in [0.15, 0.2) is 94.5 Å². The molecule has 76 heavy (non-hydrogen) atoms. The van der Waals surface area contributed by atoms with Crippen LogP contribution in [0.25, 0.3) is 44.5 Å². The van der Waals surface area contributed by atoms with Crippen molar-refractivity contribution in [2.45, 2.75) is 64.3 Å². The fourth-order valence-electron chi connectivity index (χ4n) is 8.55. The van der Waals surface area contributed by atoms with E-state index in [1.807, 2.05) is 0 Å². The van der Waals surface area contributed by atoms with Crippen LogP contribution < -0.4 is 15.9 Å². The maximum Gasteiger partial charge on any atom is 0.490 e. The number of nitro benzene ring substituents is 1. The minimum atomic E-state index is -5.80. The van der Waals surface area contributed by atoms with E-state index in [2.05, 4.69) is 35.0 Å². The number of hydrogen-bond acceptors (Lipinski definition) is 20. The van der Waals surface area contributed by atoms with Crippen molar-refractivity contribution in [3.63, 3.8) is 0 Å². The Hall–Kier alpha value is -7.04. The summed E-state index contributed by atoms with van der Waals surface area (Å²) in [6, 6.07) is 17.4. The first-order chi connectivity index (χ1) is 35.9. The SMILES string of the molecule is CC(C)C(OCc1cn([C@H]2CC(O)[C@@H](COP(=O)(O)OP(=O)(O)OP(=O)(O)O)O2)c2ncnc(N)c12)c1ccc(C#CCCC(=O)c2ccc(OC=O)c(-c3c4ccc(=O)cc-4oc4cc(O)ccc34)c2)cc1[N+](=O)[O-]. The number of phenols is 1. The van der Waals surface area contributed by atoms with Gasteiger partial charge in [-0.15, -0.1) is 0 Å². The van der Waals surface area contributed by atoms with Crippen molar-refractivity contribution < 1.29 is 89.8 Å². The quantitative estimate of drug-likeness (QED) is 0.00771. The lowest BCUT2D eigenvalue weighted by Crippen LogP contribution is -2.26. The molecule has 0 bridgehead atoms. The summed E-state index contributed by atoms with van der Waals surface area (Å²) >= 11 is 0. The summed E-state index contributed by atoms with van der Waals surface area (Å²) in [7, 11) is -17.0. The number of nitrogens with two attached hydrogens (primary N) is 1. The van der Waals surface area contributed by atoms with Crippen molar-refractivity contribution in [1.29, 1.82) is 0 Å². The van der Waals surface area contributed by atoms with Crippen molar-refractivity contribution in [2.24, 2.45) is 5.92 Å². The molecule has 4 unspecified atom stereocenters. The van der Waals surface area contributed by atoms with Crippen molar-refractivity contribution in [2.75, 3.05) is 12.3 Å². The minimum absolute atomic E-state index is 0.0168. The number of aromatic hydroxyl groups is 1. The molecule has 5 aromatic rings. The number of nitrogen functional groups attached to an aromatic ring is 1. The maximum atomic E-state index is 13.7. The highest BCUT2D eigenvalue weighted by Gasteiger charge is 2.43. The molecule has 1 fully saturated rings. The van der Waals surface area contributed by atoms with Gasteiger partial charge in [-0.25, -0.2) is 23.7 Å². The molecule has 1 saturated heterocycles. The molecule has 0 amide bonds. The summed E-state index contributed by atoms with van der Waals surface area (Å²) in [5.74, 6) is 5.34. The number of ether oxygens (including phenoxy) is 3. The van der Waals surface area contributed by atoms with E-state index in [-0.39, 0.29) is 106 Å².